The van der Waals surface area contributed by atoms with E-state index in [4.69, 9.17) is 0 Å². The summed E-state index contributed by atoms with van der Waals surface area (Å²) < 4.78 is 1.04. The summed E-state index contributed by atoms with van der Waals surface area (Å²) in [6.07, 6.45) is 0. The van der Waals surface area contributed by atoms with Gasteiger partial charge in [-0.3, -0.25) is 24.4 Å². The Morgan fingerprint density at radius 1 is 1.04 bits per heavy atom. The molecule has 1 aromatic heterocycles. The Balaban J connectivity index is 1.76. The number of rotatable bonds is 7. The molecule has 0 aliphatic carbocycles. The fraction of sp³-hybridized carbons (Fsp3) is 0.286. The topological polar surface area (TPSA) is 87.2 Å². The van der Waals surface area contributed by atoms with Crippen molar-refractivity contribution in [2.75, 3.05) is 18.4 Å². The Labute approximate surface area is 162 Å². The van der Waals surface area contributed by atoms with E-state index in [2.05, 4.69) is 29.2 Å². The summed E-state index contributed by atoms with van der Waals surface area (Å²) >= 11 is 0. The van der Waals surface area contributed by atoms with Crippen molar-refractivity contribution < 1.29 is 4.79 Å². The zero-order valence-electron chi connectivity index (χ0n) is 16.1. The van der Waals surface area contributed by atoms with Gasteiger partial charge in [0.1, 0.15) is 6.54 Å². The van der Waals surface area contributed by atoms with E-state index >= 15 is 0 Å². The van der Waals surface area contributed by atoms with Crippen molar-refractivity contribution in [1.82, 2.24) is 14.7 Å². The van der Waals surface area contributed by atoms with Gasteiger partial charge < -0.3 is 5.32 Å². The first-order valence-electron chi connectivity index (χ1n) is 9.34. The van der Waals surface area contributed by atoms with Gasteiger partial charge in [-0.15, -0.1) is 0 Å². The van der Waals surface area contributed by atoms with E-state index in [0.717, 1.165) is 29.9 Å². The Morgan fingerprint density at radius 2 is 1.75 bits per heavy atom. The van der Waals surface area contributed by atoms with Crippen LogP contribution in [0.1, 0.15) is 19.4 Å². The number of nitrogens with zero attached hydrogens (tertiary/aromatic N) is 2. The summed E-state index contributed by atoms with van der Waals surface area (Å²) in [6, 6.07) is 14.2. The van der Waals surface area contributed by atoms with Crippen LogP contribution >= 0.6 is 0 Å². The lowest BCUT2D eigenvalue weighted by Gasteiger charge is -2.18. The molecule has 0 radical (unpaired) electrons. The molecule has 2 aromatic carbocycles. The number of amides is 1. The second-order valence-corrected chi connectivity index (χ2v) is 6.59. The number of nitrogens with one attached hydrogen (secondary N) is 2. The summed E-state index contributed by atoms with van der Waals surface area (Å²) in [6.45, 7) is 6.65. The maximum Gasteiger partial charge on any atom is 0.273 e. The van der Waals surface area contributed by atoms with Crippen LogP contribution in [-0.2, 0) is 17.9 Å². The quantitative estimate of drug-likeness (QED) is 0.658. The van der Waals surface area contributed by atoms with Crippen molar-refractivity contribution in [2.45, 2.75) is 26.9 Å². The number of carbonyl (C=O) groups excluding carboxylic acids is 1. The molecule has 0 atom stereocenters. The second-order valence-electron chi connectivity index (χ2n) is 6.59. The molecule has 3 rings (SSSR count). The minimum absolute atomic E-state index is 0.265. The molecule has 0 saturated heterocycles. The van der Waals surface area contributed by atoms with E-state index in [-0.39, 0.29) is 12.5 Å². The first kappa shape index (κ1) is 19.6. The average Bonchev–Trinajstić information content (AvgIpc) is 2.70. The number of aromatic amines is 1. The Kier molecular flexibility index (Phi) is 6.06. The number of anilines is 1. The standard InChI is InChI=1S/C21H24N4O3/c1-3-24(4-2)13-15-8-7-9-16(12-15)22-19(26)14-25-21(28)18-11-6-5-10-17(18)20(27)23-25/h5-12H,3-4,13-14H2,1-2H3,(H,22,26)(H,23,27). The molecule has 28 heavy (non-hydrogen) atoms. The minimum Gasteiger partial charge on any atom is -0.324 e. The van der Waals surface area contributed by atoms with Gasteiger partial charge in [0.25, 0.3) is 11.1 Å². The molecule has 146 valence electrons. The second kappa shape index (κ2) is 8.67. The number of fused-ring (bicyclic) bond motifs is 1. The monoisotopic (exact) mass is 380 g/mol. The minimum atomic E-state index is -0.402. The first-order chi connectivity index (χ1) is 13.5. The van der Waals surface area contributed by atoms with Crippen LogP contribution in [-0.4, -0.2) is 33.7 Å². The number of hydrogen-bond acceptors (Lipinski definition) is 4. The molecule has 0 bridgehead atoms. The Hall–Kier alpha value is -3.19. The third kappa shape index (κ3) is 4.37. The molecule has 7 heteroatoms. The summed E-state index contributed by atoms with van der Waals surface area (Å²) in [7, 11) is 0. The highest BCUT2D eigenvalue weighted by Crippen LogP contribution is 2.13. The lowest BCUT2D eigenvalue weighted by atomic mass is 10.2. The lowest BCUT2D eigenvalue weighted by Crippen LogP contribution is -2.34. The van der Waals surface area contributed by atoms with Crippen LogP contribution in [0.4, 0.5) is 5.69 Å². The predicted octanol–water partition coefficient (Wildman–Crippen LogP) is 2.17. The van der Waals surface area contributed by atoms with Crippen LogP contribution in [0.3, 0.4) is 0 Å². The molecule has 2 N–H and O–H groups in total. The van der Waals surface area contributed by atoms with Crippen molar-refractivity contribution in [3.05, 3.63) is 74.8 Å². The van der Waals surface area contributed by atoms with Gasteiger partial charge in [-0.05, 0) is 42.9 Å². The van der Waals surface area contributed by atoms with Crippen LogP contribution < -0.4 is 16.4 Å². The van der Waals surface area contributed by atoms with Gasteiger partial charge in [-0.25, -0.2) is 4.68 Å². The highest BCUT2D eigenvalue weighted by molar-refractivity contribution is 5.90. The molecule has 0 spiro atoms. The predicted molar refractivity (Wildman–Crippen MR) is 111 cm³/mol. The van der Waals surface area contributed by atoms with Crippen molar-refractivity contribution in [3.63, 3.8) is 0 Å². The number of carbonyl (C=O) groups is 1. The highest BCUT2D eigenvalue weighted by Gasteiger charge is 2.11. The molecule has 1 amide bonds. The molecule has 0 aliphatic rings. The lowest BCUT2D eigenvalue weighted by molar-refractivity contribution is -0.117. The maximum atomic E-state index is 12.5. The molecule has 0 aliphatic heterocycles. The van der Waals surface area contributed by atoms with Gasteiger partial charge in [-0.1, -0.05) is 38.1 Å². The smallest absolute Gasteiger partial charge is 0.273 e. The van der Waals surface area contributed by atoms with Crippen LogP contribution in [0.5, 0.6) is 0 Å². The van der Waals surface area contributed by atoms with Gasteiger partial charge >= 0.3 is 0 Å². The Bertz CT molecular complexity index is 1100. The molecule has 0 unspecified atom stereocenters. The van der Waals surface area contributed by atoms with Gasteiger partial charge in [-0.2, -0.15) is 0 Å². The first-order valence-corrected chi connectivity index (χ1v) is 9.34. The molecule has 1 heterocycles. The number of benzene rings is 2. The normalized spacial score (nSPS) is 11.1. The van der Waals surface area contributed by atoms with Gasteiger partial charge in [0, 0.05) is 12.2 Å². The van der Waals surface area contributed by atoms with Gasteiger partial charge in [0.2, 0.25) is 5.91 Å². The average molecular weight is 380 g/mol. The zero-order valence-corrected chi connectivity index (χ0v) is 16.1. The Morgan fingerprint density at radius 3 is 2.46 bits per heavy atom. The number of H-pyrrole nitrogens is 1. The van der Waals surface area contributed by atoms with Gasteiger partial charge in [0.15, 0.2) is 0 Å². The summed E-state index contributed by atoms with van der Waals surface area (Å²) in [5.74, 6) is -0.381. The van der Waals surface area contributed by atoms with Crippen LogP contribution in [0, 0.1) is 0 Å². The zero-order chi connectivity index (χ0) is 20.1. The van der Waals surface area contributed by atoms with Crippen molar-refractivity contribution >= 4 is 22.4 Å². The largest absolute Gasteiger partial charge is 0.324 e. The van der Waals surface area contributed by atoms with Crippen LogP contribution in [0.2, 0.25) is 0 Å². The number of aromatic nitrogens is 2. The van der Waals surface area contributed by atoms with E-state index in [1.807, 2.05) is 18.2 Å². The van der Waals surface area contributed by atoms with Crippen molar-refractivity contribution in [2.24, 2.45) is 0 Å². The fourth-order valence-corrected chi connectivity index (χ4v) is 3.15. The maximum absolute atomic E-state index is 12.5. The van der Waals surface area contributed by atoms with E-state index in [0.29, 0.717) is 16.5 Å². The summed E-state index contributed by atoms with van der Waals surface area (Å²) in [5.41, 5.74) is 0.952. The number of hydrogen-bond donors (Lipinski definition) is 2. The van der Waals surface area contributed by atoms with E-state index < -0.39 is 11.1 Å². The molecule has 7 nitrogen and oxygen atoms in total. The molecular weight excluding hydrogens is 356 g/mol. The molecule has 0 fully saturated rings. The van der Waals surface area contributed by atoms with Crippen molar-refractivity contribution in [3.8, 4) is 0 Å². The molecular formula is C21H24N4O3. The summed E-state index contributed by atoms with van der Waals surface area (Å²) in [4.78, 5) is 39.4. The highest BCUT2D eigenvalue weighted by atomic mass is 16.2. The third-order valence-corrected chi connectivity index (χ3v) is 4.70. The molecule has 0 saturated carbocycles. The SMILES string of the molecule is CCN(CC)Cc1cccc(NC(=O)Cn2[nH]c(=O)c3ccccc3c2=O)c1. The fourth-order valence-electron chi connectivity index (χ4n) is 3.15. The van der Waals surface area contributed by atoms with Gasteiger partial charge in [0.05, 0.1) is 10.8 Å². The van der Waals surface area contributed by atoms with E-state index in [9.17, 15) is 14.4 Å². The summed E-state index contributed by atoms with van der Waals surface area (Å²) in [5, 5.41) is 5.87. The molecule has 3 aromatic rings. The van der Waals surface area contributed by atoms with Crippen LogP contribution in [0.25, 0.3) is 10.8 Å². The third-order valence-electron chi connectivity index (χ3n) is 4.70. The van der Waals surface area contributed by atoms with E-state index in [1.54, 1.807) is 30.3 Å². The van der Waals surface area contributed by atoms with Crippen LogP contribution in [0.15, 0.2) is 58.1 Å². The van der Waals surface area contributed by atoms with E-state index in [1.165, 1.54) is 0 Å². The van der Waals surface area contributed by atoms with Crippen molar-refractivity contribution in [1.29, 1.82) is 0 Å².